The zero-order valence-corrected chi connectivity index (χ0v) is 11.6. The Morgan fingerprint density at radius 3 is 2.50 bits per heavy atom. The van der Waals surface area contributed by atoms with E-state index >= 15 is 0 Å². The first-order chi connectivity index (χ1) is 9.75. The average molecular weight is 276 g/mol. The van der Waals surface area contributed by atoms with Crippen LogP contribution in [0.4, 0.5) is 0 Å². The molecule has 4 nitrogen and oxygen atoms in total. The molecule has 0 aliphatic heterocycles. The van der Waals surface area contributed by atoms with E-state index < -0.39 is 6.29 Å². The second-order valence-corrected chi connectivity index (χ2v) is 4.44. The molecule has 1 N–H and O–H groups in total. The quantitative estimate of drug-likeness (QED) is 0.594. The van der Waals surface area contributed by atoms with Crippen molar-refractivity contribution in [2.45, 2.75) is 13.2 Å². The molecule has 0 amide bonds. The highest BCUT2D eigenvalue weighted by Gasteiger charge is 1.98. The summed E-state index contributed by atoms with van der Waals surface area (Å²) in [6.07, 6.45) is -0.743. The van der Waals surface area contributed by atoms with Crippen molar-refractivity contribution >= 4 is 10.8 Å². The summed E-state index contributed by atoms with van der Waals surface area (Å²) < 4.78 is 15.9. The predicted molar refractivity (Wildman–Crippen MR) is 77.9 cm³/mol. The Hall–Kier alpha value is -1.62. The fourth-order valence-corrected chi connectivity index (χ4v) is 1.86. The molecule has 0 aliphatic carbocycles. The van der Waals surface area contributed by atoms with E-state index in [0.29, 0.717) is 26.4 Å². The van der Waals surface area contributed by atoms with Crippen LogP contribution in [0.25, 0.3) is 10.8 Å². The molecular formula is C16H20O4. The summed E-state index contributed by atoms with van der Waals surface area (Å²) in [6, 6.07) is 14.2. The van der Waals surface area contributed by atoms with Gasteiger partial charge in [-0.3, -0.25) is 0 Å². The molecule has 0 aliphatic rings. The normalized spacial score (nSPS) is 12.5. The summed E-state index contributed by atoms with van der Waals surface area (Å²) in [7, 11) is 0. The number of hydrogen-bond donors (Lipinski definition) is 1. The highest BCUT2D eigenvalue weighted by molar-refractivity contribution is 5.83. The number of aliphatic hydroxyl groups is 1. The number of rotatable bonds is 8. The lowest BCUT2D eigenvalue weighted by molar-refractivity contribution is -0.100. The second kappa shape index (κ2) is 7.85. The summed E-state index contributed by atoms with van der Waals surface area (Å²) >= 11 is 0. The van der Waals surface area contributed by atoms with Crippen molar-refractivity contribution in [3.05, 3.63) is 42.5 Å². The van der Waals surface area contributed by atoms with E-state index in [0.717, 1.165) is 11.1 Å². The van der Waals surface area contributed by atoms with Crippen molar-refractivity contribution in [1.29, 1.82) is 0 Å². The van der Waals surface area contributed by atoms with Gasteiger partial charge in [0.2, 0.25) is 0 Å². The molecule has 0 fully saturated rings. The van der Waals surface area contributed by atoms with Crippen LogP contribution in [0, 0.1) is 0 Å². The molecule has 2 aromatic carbocycles. The number of benzene rings is 2. The van der Waals surface area contributed by atoms with Crippen molar-refractivity contribution in [3.8, 4) is 5.75 Å². The third-order valence-electron chi connectivity index (χ3n) is 2.80. The Bertz CT molecular complexity index is 525. The highest BCUT2D eigenvalue weighted by Crippen LogP contribution is 2.20. The van der Waals surface area contributed by atoms with Gasteiger partial charge in [-0.25, -0.2) is 0 Å². The van der Waals surface area contributed by atoms with Crippen molar-refractivity contribution in [1.82, 2.24) is 0 Å². The van der Waals surface area contributed by atoms with E-state index in [9.17, 15) is 0 Å². The van der Waals surface area contributed by atoms with E-state index in [1.54, 1.807) is 6.92 Å². The van der Waals surface area contributed by atoms with Crippen LogP contribution < -0.4 is 4.74 Å². The minimum absolute atomic E-state index is 0.383. The molecule has 0 saturated heterocycles. The predicted octanol–water partition coefficient (Wildman–Crippen LogP) is 2.59. The zero-order valence-electron chi connectivity index (χ0n) is 11.6. The van der Waals surface area contributed by atoms with Crippen molar-refractivity contribution in [3.63, 3.8) is 0 Å². The first-order valence-corrected chi connectivity index (χ1v) is 6.75. The molecule has 108 valence electrons. The maximum atomic E-state index is 8.89. The maximum Gasteiger partial charge on any atom is 0.151 e. The van der Waals surface area contributed by atoms with Crippen LogP contribution in [0.2, 0.25) is 0 Å². The Kier molecular flexibility index (Phi) is 5.80. The average Bonchev–Trinajstić information content (AvgIpc) is 2.46. The second-order valence-electron chi connectivity index (χ2n) is 4.44. The molecule has 0 heterocycles. The van der Waals surface area contributed by atoms with Gasteiger partial charge in [0.1, 0.15) is 12.4 Å². The molecule has 0 saturated carbocycles. The summed E-state index contributed by atoms with van der Waals surface area (Å²) in [5, 5.41) is 11.3. The van der Waals surface area contributed by atoms with E-state index in [1.165, 1.54) is 5.39 Å². The van der Waals surface area contributed by atoms with Crippen LogP contribution in [0.1, 0.15) is 6.92 Å². The molecule has 0 bridgehead atoms. The molecule has 4 heteroatoms. The first-order valence-electron chi connectivity index (χ1n) is 6.75. The lowest BCUT2D eigenvalue weighted by Gasteiger charge is -2.09. The van der Waals surface area contributed by atoms with Gasteiger partial charge < -0.3 is 19.3 Å². The summed E-state index contributed by atoms with van der Waals surface area (Å²) in [5.41, 5.74) is 0. The number of ether oxygens (including phenoxy) is 3. The topological polar surface area (TPSA) is 47.9 Å². The van der Waals surface area contributed by atoms with Crippen molar-refractivity contribution in [2.75, 3.05) is 26.4 Å². The smallest absolute Gasteiger partial charge is 0.151 e. The van der Waals surface area contributed by atoms with Crippen LogP contribution in [0.5, 0.6) is 5.75 Å². The van der Waals surface area contributed by atoms with Crippen LogP contribution in [-0.2, 0) is 9.47 Å². The fraction of sp³-hybridized carbons (Fsp3) is 0.375. The number of fused-ring (bicyclic) bond motifs is 1. The highest BCUT2D eigenvalue weighted by atomic mass is 16.6. The lowest BCUT2D eigenvalue weighted by Crippen LogP contribution is -2.14. The molecule has 0 aromatic heterocycles. The lowest BCUT2D eigenvalue weighted by atomic mass is 10.1. The van der Waals surface area contributed by atoms with E-state index in [4.69, 9.17) is 19.3 Å². The Morgan fingerprint density at radius 2 is 1.70 bits per heavy atom. The Morgan fingerprint density at radius 1 is 0.950 bits per heavy atom. The van der Waals surface area contributed by atoms with Crippen LogP contribution in [0.3, 0.4) is 0 Å². The van der Waals surface area contributed by atoms with Gasteiger partial charge in [-0.15, -0.1) is 0 Å². The molecule has 20 heavy (non-hydrogen) atoms. The van der Waals surface area contributed by atoms with Gasteiger partial charge in [-0.1, -0.05) is 30.3 Å². The third kappa shape index (κ3) is 4.81. The molecule has 1 atom stereocenters. The van der Waals surface area contributed by atoms with E-state index in [-0.39, 0.29) is 0 Å². The van der Waals surface area contributed by atoms with Crippen LogP contribution in [0.15, 0.2) is 42.5 Å². The summed E-state index contributed by atoms with van der Waals surface area (Å²) in [4.78, 5) is 0. The van der Waals surface area contributed by atoms with Gasteiger partial charge in [0.05, 0.1) is 19.8 Å². The van der Waals surface area contributed by atoms with Gasteiger partial charge in [-0.2, -0.15) is 0 Å². The minimum Gasteiger partial charge on any atom is -0.491 e. The molecule has 2 aromatic rings. The minimum atomic E-state index is -0.743. The molecule has 0 radical (unpaired) electrons. The zero-order chi connectivity index (χ0) is 14.2. The van der Waals surface area contributed by atoms with Crippen LogP contribution in [-0.4, -0.2) is 37.8 Å². The van der Waals surface area contributed by atoms with E-state index in [2.05, 4.69) is 12.1 Å². The van der Waals surface area contributed by atoms with Gasteiger partial charge in [0.15, 0.2) is 6.29 Å². The number of aliphatic hydroxyl groups excluding tert-OH is 1. The summed E-state index contributed by atoms with van der Waals surface area (Å²) in [6.45, 7) is 3.39. The van der Waals surface area contributed by atoms with Crippen molar-refractivity contribution in [2.24, 2.45) is 0 Å². The molecular weight excluding hydrogens is 256 g/mol. The van der Waals surface area contributed by atoms with E-state index in [1.807, 2.05) is 30.3 Å². The maximum absolute atomic E-state index is 8.89. The molecule has 0 spiro atoms. The molecule has 2 rings (SSSR count). The standard InChI is InChI=1S/C16H20O4/c1-13(17)19-10-8-18-9-11-20-16-7-6-14-4-2-3-5-15(14)12-16/h2-7,12-13,17H,8-11H2,1H3. The van der Waals surface area contributed by atoms with Crippen molar-refractivity contribution < 1.29 is 19.3 Å². The Balaban J connectivity index is 1.68. The molecule has 1 unspecified atom stereocenters. The fourth-order valence-electron chi connectivity index (χ4n) is 1.86. The van der Waals surface area contributed by atoms with Gasteiger partial charge >= 0.3 is 0 Å². The first kappa shape index (κ1) is 14.8. The Labute approximate surface area is 118 Å². The van der Waals surface area contributed by atoms with Gasteiger partial charge in [0.25, 0.3) is 0 Å². The van der Waals surface area contributed by atoms with Gasteiger partial charge in [0, 0.05) is 0 Å². The largest absolute Gasteiger partial charge is 0.491 e. The summed E-state index contributed by atoms with van der Waals surface area (Å²) in [5.74, 6) is 0.840. The number of hydrogen-bond acceptors (Lipinski definition) is 4. The SMILES string of the molecule is CC(O)OCCOCCOc1ccc2ccccc2c1. The van der Waals surface area contributed by atoms with Gasteiger partial charge in [-0.05, 0) is 29.8 Å². The third-order valence-corrected chi connectivity index (χ3v) is 2.80. The monoisotopic (exact) mass is 276 g/mol. The van der Waals surface area contributed by atoms with Crippen LogP contribution >= 0.6 is 0 Å².